The number of benzene rings is 3. The van der Waals surface area contributed by atoms with E-state index in [-0.39, 0.29) is 17.4 Å². The maximum atomic E-state index is 12.8. The Labute approximate surface area is 204 Å². The van der Waals surface area contributed by atoms with Crippen LogP contribution in [0.15, 0.2) is 76.6 Å². The summed E-state index contributed by atoms with van der Waals surface area (Å²) < 4.78 is 39.7. The number of hydrogen-bond donors (Lipinski definition) is 2. The Hall–Kier alpha value is -3.27. The maximum Gasteiger partial charge on any atom is 0.266 e. The molecule has 0 atom stereocenters. The van der Waals surface area contributed by atoms with E-state index in [2.05, 4.69) is 15.0 Å². The number of sulfonamides is 1. The Bertz CT molecular complexity index is 1290. The second-order valence-electron chi connectivity index (χ2n) is 7.85. The molecule has 0 spiro atoms. The molecule has 3 aromatic carbocycles. The van der Waals surface area contributed by atoms with Gasteiger partial charge in [0.15, 0.2) is 5.75 Å². The third-order valence-electron chi connectivity index (χ3n) is 4.96. The number of anilines is 1. The van der Waals surface area contributed by atoms with E-state index in [1.165, 1.54) is 6.07 Å². The lowest BCUT2D eigenvalue weighted by molar-refractivity contribution is 0.261. The number of para-hydroxylation sites is 2. The van der Waals surface area contributed by atoms with E-state index in [9.17, 15) is 8.42 Å². The fourth-order valence-electron chi connectivity index (χ4n) is 3.19. The topological polar surface area (TPSA) is 92.3 Å². The molecule has 0 radical (unpaired) electrons. The van der Waals surface area contributed by atoms with Gasteiger partial charge in [0.2, 0.25) is 5.96 Å². The highest BCUT2D eigenvalue weighted by Crippen LogP contribution is 2.38. The van der Waals surface area contributed by atoms with Crippen LogP contribution in [0.4, 0.5) is 5.69 Å². The lowest BCUT2D eigenvalue weighted by Gasteiger charge is -2.23. The van der Waals surface area contributed by atoms with E-state index >= 15 is 0 Å². The lowest BCUT2D eigenvalue weighted by Crippen LogP contribution is -2.40. The molecule has 0 amide bonds. The summed E-state index contributed by atoms with van der Waals surface area (Å²) in [6.45, 7) is 1.69. The van der Waals surface area contributed by atoms with Crippen molar-refractivity contribution in [3.63, 3.8) is 0 Å². The molecule has 0 aliphatic carbocycles. The summed E-state index contributed by atoms with van der Waals surface area (Å²) in [6.07, 6.45) is 0. The molecule has 0 fully saturated rings. The molecule has 0 bridgehead atoms. The highest BCUT2D eigenvalue weighted by atomic mass is 35.5. The molecule has 0 saturated carbocycles. The number of guanidine groups is 1. The SMILES string of the molecule is CN(C)CCOc1ccc(CN=C2Nc3c(Oc4ccccc4Cl)cccc3S(=O)(=O)N2)cc1. The van der Waals surface area contributed by atoms with Gasteiger partial charge in [-0.1, -0.05) is 41.9 Å². The van der Waals surface area contributed by atoms with E-state index in [1.807, 2.05) is 43.3 Å². The van der Waals surface area contributed by atoms with Crippen molar-refractivity contribution in [3.8, 4) is 17.2 Å². The lowest BCUT2D eigenvalue weighted by atomic mass is 10.2. The van der Waals surface area contributed by atoms with Crippen LogP contribution in [-0.2, 0) is 16.6 Å². The largest absolute Gasteiger partial charge is 0.492 e. The standard InChI is InChI=1S/C24H25ClN4O4S/c1-29(2)14-15-32-18-12-10-17(11-13-18)16-26-24-27-23-21(33-20-7-4-3-6-19(20)25)8-5-9-22(23)34(30,31)28-24/h3-13H,14-16H2,1-2H3,(H2,26,27,28). The molecular weight excluding hydrogens is 476 g/mol. The predicted molar refractivity (Wildman–Crippen MR) is 134 cm³/mol. The van der Waals surface area contributed by atoms with Gasteiger partial charge in [0.25, 0.3) is 10.0 Å². The molecule has 0 unspecified atom stereocenters. The van der Waals surface area contributed by atoms with Crippen LogP contribution in [-0.4, -0.2) is 46.5 Å². The summed E-state index contributed by atoms with van der Waals surface area (Å²) >= 11 is 6.20. The number of halogens is 1. The van der Waals surface area contributed by atoms with Crippen molar-refractivity contribution in [2.45, 2.75) is 11.4 Å². The van der Waals surface area contributed by atoms with Gasteiger partial charge in [-0.3, -0.25) is 0 Å². The van der Waals surface area contributed by atoms with Crippen LogP contribution in [0.1, 0.15) is 5.56 Å². The van der Waals surface area contributed by atoms with Gasteiger partial charge in [-0.2, -0.15) is 0 Å². The molecule has 178 valence electrons. The minimum absolute atomic E-state index is 0.0650. The number of nitrogens with one attached hydrogen (secondary N) is 2. The summed E-state index contributed by atoms with van der Waals surface area (Å²) in [5.74, 6) is 1.61. The van der Waals surface area contributed by atoms with E-state index in [0.29, 0.717) is 28.8 Å². The minimum Gasteiger partial charge on any atom is -0.492 e. The number of hydrogen-bond acceptors (Lipinski definition) is 6. The Morgan fingerprint density at radius 2 is 1.71 bits per heavy atom. The van der Waals surface area contributed by atoms with Gasteiger partial charge < -0.3 is 19.7 Å². The number of ether oxygens (including phenoxy) is 2. The first kappa shape index (κ1) is 23.9. The van der Waals surface area contributed by atoms with Crippen LogP contribution >= 0.6 is 11.6 Å². The first-order chi connectivity index (χ1) is 16.3. The summed E-state index contributed by atoms with van der Waals surface area (Å²) in [5, 5.41) is 3.46. The van der Waals surface area contributed by atoms with Gasteiger partial charge in [0.1, 0.15) is 28.7 Å². The van der Waals surface area contributed by atoms with Crippen molar-refractivity contribution < 1.29 is 17.9 Å². The Morgan fingerprint density at radius 3 is 2.44 bits per heavy atom. The zero-order valence-corrected chi connectivity index (χ0v) is 20.4. The normalized spacial score (nSPS) is 15.4. The van der Waals surface area contributed by atoms with E-state index in [1.54, 1.807) is 36.4 Å². The van der Waals surface area contributed by atoms with Gasteiger partial charge >= 0.3 is 0 Å². The average Bonchev–Trinajstić information content (AvgIpc) is 2.80. The molecular formula is C24H25ClN4O4S. The van der Waals surface area contributed by atoms with Crippen LogP contribution < -0.4 is 19.5 Å². The fraction of sp³-hybridized carbons (Fsp3) is 0.208. The molecule has 34 heavy (non-hydrogen) atoms. The quantitative estimate of drug-likeness (QED) is 0.478. The Kier molecular flexibility index (Phi) is 7.26. The van der Waals surface area contributed by atoms with Gasteiger partial charge in [-0.05, 0) is 56.1 Å². The first-order valence-electron chi connectivity index (χ1n) is 10.6. The highest BCUT2D eigenvalue weighted by Gasteiger charge is 2.29. The number of nitrogens with zero attached hydrogens (tertiary/aromatic N) is 2. The molecule has 1 aliphatic heterocycles. The highest BCUT2D eigenvalue weighted by molar-refractivity contribution is 7.90. The first-order valence-corrected chi connectivity index (χ1v) is 12.4. The van der Waals surface area contributed by atoms with Crippen LogP contribution in [0.5, 0.6) is 17.2 Å². The van der Waals surface area contributed by atoms with Gasteiger partial charge in [-0.15, -0.1) is 0 Å². The van der Waals surface area contributed by atoms with Crippen LogP contribution in [0.2, 0.25) is 5.02 Å². The van der Waals surface area contributed by atoms with Crippen molar-refractivity contribution >= 4 is 33.3 Å². The average molecular weight is 501 g/mol. The third kappa shape index (κ3) is 5.80. The van der Waals surface area contributed by atoms with Crippen molar-refractivity contribution in [3.05, 3.63) is 77.3 Å². The fourth-order valence-corrected chi connectivity index (χ4v) is 4.53. The van der Waals surface area contributed by atoms with Crippen molar-refractivity contribution in [1.29, 1.82) is 0 Å². The number of likely N-dealkylation sites (N-methyl/N-ethyl adjacent to an activating group) is 1. The molecule has 1 heterocycles. The van der Waals surface area contributed by atoms with Gasteiger partial charge in [0.05, 0.1) is 11.6 Å². The molecule has 0 saturated heterocycles. The number of rotatable bonds is 8. The molecule has 3 aromatic rings. The zero-order valence-electron chi connectivity index (χ0n) is 18.8. The van der Waals surface area contributed by atoms with Crippen LogP contribution in [0, 0.1) is 0 Å². The van der Waals surface area contributed by atoms with Crippen LogP contribution in [0.25, 0.3) is 0 Å². The Morgan fingerprint density at radius 1 is 0.971 bits per heavy atom. The molecule has 4 rings (SSSR count). The summed E-state index contributed by atoms with van der Waals surface area (Å²) in [4.78, 5) is 6.53. The smallest absolute Gasteiger partial charge is 0.266 e. The molecule has 1 aliphatic rings. The zero-order chi connectivity index (χ0) is 24.1. The van der Waals surface area contributed by atoms with E-state index in [0.717, 1.165) is 17.9 Å². The minimum atomic E-state index is -3.82. The van der Waals surface area contributed by atoms with Crippen molar-refractivity contribution in [1.82, 2.24) is 9.62 Å². The van der Waals surface area contributed by atoms with Gasteiger partial charge in [0, 0.05) is 6.54 Å². The van der Waals surface area contributed by atoms with E-state index < -0.39 is 10.0 Å². The molecule has 10 heteroatoms. The molecule has 2 N–H and O–H groups in total. The van der Waals surface area contributed by atoms with E-state index in [4.69, 9.17) is 21.1 Å². The second kappa shape index (κ2) is 10.3. The van der Waals surface area contributed by atoms with Crippen molar-refractivity contribution in [2.24, 2.45) is 4.99 Å². The molecule has 0 aromatic heterocycles. The Balaban J connectivity index is 1.51. The second-order valence-corrected chi connectivity index (χ2v) is 9.91. The maximum absolute atomic E-state index is 12.8. The molecule has 8 nitrogen and oxygen atoms in total. The van der Waals surface area contributed by atoms with Crippen molar-refractivity contribution in [2.75, 3.05) is 32.6 Å². The summed E-state index contributed by atoms with van der Waals surface area (Å²) in [6, 6.07) is 19.3. The number of aliphatic imine (C=N–C) groups is 1. The summed E-state index contributed by atoms with van der Waals surface area (Å²) in [7, 11) is 0.154. The van der Waals surface area contributed by atoms with Crippen LogP contribution in [0.3, 0.4) is 0 Å². The number of fused-ring (bicyclic) bond motifs is 1. The van der Waals surface area contributed by atoms with Gasteiger partial charge in [-0.25, -0.2) is 18.1 Å². The predicted octanol–water partition coefficient (Wildman–Crippen LogP) is 4.33. The summed E-state index contributed by atoms with van der Waals surface area (Å²) in [5.41, 5.74) is 1.20. The third-order valence-corrected chi connectivity index (χ3v) is 6.65. The monoisotopic (exact) mass is 500 g/mol.